The van der Waals surface area contributed by atoms with Crippen molar-refractivity contribution in [2.75, 3.05) is 10.5 Å². The highest BCUT2D eigenvalue weighted by Gasteiger charge is 2.24. The number of nitrogens with two attached hydrogens (primary N) is 1. The van der Waals surface area contributed by atoms with Crippen LogP contribution in [0.2, 0.25) is 0 Å². The number of Topliss-reactive ketones (excluding diaryl/α,β-unsaturated/α-hetero) is 1. The van der Waals surface area contributed by atoms with Crippen LogP contribution in [0.4, 0.5) is 11.4 Å². The maximum atomic E-state index is 12.5. The minimum atomic E-state index is -3.48. The standard InChI is InChI=1S/C16H24N2O3S/c1-11(2)22(20,21)18-15-10-13(8-9-14(15)17)16(19)12-6-4-3-5-7-12/h8-12,18H,3-7,17H2,1-2H3. The van der Waals surface area contributed by atoms with Crippen LogP contribution < -0.4 is 10.5 Å². The molecule has 0 aliphatic heterocycles. The molecule has 0 aromatic heterocycles. The van der Waals surface area contributed by atoms with Crippen LogP contribution in [-0.4, -0.2) is 19.5 Å². The van der Waals surface area contributed by atoms with E-state index in [-0.39, 0.29) is 17.4 Å². The summed E-state index contributed by atoms with van der Waals surface area (Å²) in [6, 6.07) is 4.83. The van der Waals surface area contributed by atoms with E-state index in [9.17, 15) is 13.2 Å². The van der Waals surface area contributed by atoms with Crippen LogP contribution in [0.15, 0.2) is 18.2 Å². The van der Waals surface area contributed by atoms with Crippen molar-refractivity contribution in [3.05, 3.63) is 23.8 Å². The minimum absolute atomic E-state index is 0.0481. The van der Waals surface area contributed by atoms with Crippen molar-refractivity contribution in [1.82, 2.24) is 0 Å². The lowest BCUT2D eigenvalue weighted by molar-refractivity contribution is 0.0889. The van der Waals surface area contributed by atoms with Crippen LogP contribution in [0.25, 0.3) is 0 Å². The molecule has 0 bridgehead atoms. The second-order valence-corrected chi connectivity index (χ2v) is 8.43. The first-order chi connectivity index (χ1) is 10.3. The molecule has 0 spiro atoms. The summed E-state index contributed by atoms with van der Waals surface area (Å²) in [5, 5.41) is -0.565. The molecule has 0 amide bonds. The summed E-state index contributed by atoms with van der Waals surface area (Å²) in [4.78, 5) is 12.5. The molecule has 1 aliphatic carbocycles. The number of hydrogen-bond donors (Lipinski definition) is 2. The van der Waals surface area contributed by atoms with Crippen LogP contribution in [0.5, 0.6) is 0 Å². The van der Waals surface area contributed by atoms with Gasteiger partial charge < -0.3 is 5.73 Å². The average molecular weight is 324 g/mol. The first-order valence-electron chi connectivity index (χ1n) is 7.76. The van der Waals surface area contributed by atoms with Gasteiger partial charge in [0.15, 0.2) is 5.78 Å². The van der Waals surface area contributed by atoms with Crippen molar-refractivity contribution in [3.63, 3.8) is 0 Å². The van der Waals surface area contributed by atoms with Crippen molar-refractivity contribution in [2.24, 2.45) is 5.92 Å². The molecule has 1 aromatic carbocycles. The van der Waals surface area contributed by atoms with Crippen molar-refractivity contribution >= 4 is 27.2 Å². The molecule has 0 radical (unpaired) electrons. The van der Waals surface area contributed by atoms with E-state index < -0.39 is 15.3 Å². The van der Waals surface area contributed by atoms with Crippen molar-refractivity contribution < 1.29 is 13.2 Å². The minimum Gasteiger partial charge on any atom is -0.397 e. The van der Waals surface area contributed by atoms with Gasteiger partial charge in [-0.15, -0.1) is 0 Å². The van der Waals surface area contributed by atoms with E-state index in [0.29, 0.717) is 11.3 Å². The monoisotopic (exact) mass is 324 g/mol. The number of carbonyl (C=O) groups excluding carboxylic acids is 1. The Hall–Kier alpha value is -1.56. The van der Waals surface area contributed by atoms with E-state index in [1.807, 2.05) is 0 Å². The summed E-state index contributed by atoms with van der Waals surface area (Å²) in [6.45, 7) is 3.19. The van der Waals surface area contributed by atoms with Gasteiger partial charge in [0.05, 0.1) is 16.6 Å². The molecule has 1 saturated carbocycles. The van der Waals surface area contributed by atoms with E-state index in [2.05, 4.69) is 4.72 Å². The number of hydrogen-bond acceptors (Lipinski definition) is 4. The molecule has 3 N–H and O–H groups in total. The third kappa shape index (κ3) is 3.80. The zero-order valence-electron chi connectivity index (χ0n) is 13.1. The second-order valence-electron chi connectivity index (χ2n) is 6.20. The van der Waals surface area contributed by atoms with Crippen LogP contribution in [-0.2, 0) is 10.0 Å². The fourth-order valence-corrected chi connectivity index (χ4v) is 3.39. The van der Waals surface area contributed by atoms with Crippen LogP contribution >= 0.6 is 0 Å². The molecule has 0 heterocycles. The zero-order chi connectivity index (χ0) is 16.3. The van der Waals surface area contributed by atoms with Gasteiger partial charge in [-0.2, -0.15) is 0 Å². The van der Waals surface area contributed by atoms with E-state index in [0.717, 1.165) is 25.7 Å². The molecule has 22 heavy (non-hydrogen) atoms. The number of carbonyl (C=O) groups is 1. The topological polar surface area (TPSA) is 89.3 Å². The molecule has 1 fully saturated rings. The fraction of sp³-hybridized carbons (Fsp3) is 0.562. The predicted molar refractivity (Wildman–Crippen MR) is 89.4 cm³/mol. The fourth-order valence-electron chi connectivity index (χ4n) is 2.67. The summed E-state index contributed by atoms with van der Waals surface area (Å²) in [6.07, 6.45) is 5.17. The van der Waals surface area contributed by atoms with Gasteiger partial charge in [-0.25, -0.2) is 8.42 Å². The van der Waals surface area contributed by atoms with Crippen molar-refractivity contribution in [2.45, 2.75) is 51.2 Å². The maximum absolute atomic E-state index is 12.5. The quantitative estimate of drug-likeness (QED) is 0.643. The Kier molecular flexibility index (Phi) is 5.11. The number of benzene rings is 1. The van der Waals surface area contributed by atoms with E-state index in [1.54, 1.807) is 32.0 Å². The summed E-state index contributed by atoms with van der Waals surface area (Å²) in [5.41, 5.74) is 6.98. The largest absolute Gasteiger partial charge is 0.397 e. The summed E-state index contributed by atoms with van der Waals surface area (Å²) < 4.78 is 26.4. The molecule has 2 rings (SSSR count). The zero-order valence-corrected chi connectivity index (χ0v) is 13.9. The van der Waals surface area contributed by atoms with Gasteiger partial charge in [-0.1, -0.05) is 19.3 Å². The van der Waals surface area contributed by atoms with Gasteiger partial charge in [-0.05, 0) is 44.9 Å². The highest BCUT2D eigenvalue weighted by atomic mass is 32.2. The molecule has 5 nitrogen and oxygen atoms in total. The molecule has 0 atom stereocenters. The SMILES string of the molecule is CC(C)S(=O)(=O)Nc1cc(C(=O)C2CCCCC2)ccc1N. The Morgan fingerprint density at radius 2 is 1.86 bits per heavy atom. The lowest BCUT2D eigenvalue weighted by atomic mass is 9.84. The number of rotatable bonds is 5. The average Bonchev–Trinajstić information content (AvgIpc) is 2.49. The van der Waals surface area contributed by atoms with Gasteiger partial charge in [0, 0.05) is 11.5 Å². The van der Waals surface area contributed by atoms with Gasteiger partial charge in [0.1, 0.15) is 0 Å². The van der Waals surface area contributed by atoms with Crippen LogP contribution in [0.1, 0.15) is 56.3 Å². The highest BCUT2D eigenvalue weighted by Crippen LogP contribution is 2.29. The highest BCUT2D eigenvalue weighted by molar-refractivity contribution is 7.93. The molecule has 1 aromatic rings. The van der Waals surface area contributed by atoms with E-state index >= 15 is 0 Å². The van der Waals surface area contributed by atoms with Gasteiger partial charge in [0.2, 0.25) is 10.0 Å². The molecular formula is C16H24N2O3S. The normalized spacial score (nSPS) is 16.7. The van der Waals surface area contributed by atoms with Crippen molar-refractivity contribution in [3.8, 4) is 0 Å². The first-order valence-corrected chi connectivity index (χ1v) is 9.31. The number of ketones is 1. The van der Waals surface area contributed by atoms with E-state index in [1.165, 1.54) is 6.42 Å². The summed E-state index contributed by atoms with van der Waals surface area (Å²) in [7, 11) is -3.48. The number of sulfonamides is 1. The first kappa shape index (κ1) is 16.8. The van der Waals surface area contributed by atoms with Gasteiger partial charge in [-0.3, -0.25) is 9.52 Å². The molecule has 0 unspecified atom stereocenters. The number of nitrogen functional groups attached to an aromatic ring is 1. The Morgan fingerprint density at radius 1 is 1.23 bits per heavy atom. The Bertz CT molecular complexity index is 647. The molecule has 122 valence electrons. The Morgan fingerprint density at radius 3 is 2.45 bits per heavy atom. The third-order valence-electron chi connectivity index (χ3n) is 4.19. The number of nitrogens with one attached hydrogen (secondary N) is 1. The second kappa shape index (κ2) is 6.69. The smallest absolute Gasteiger partial charge is 0.235 e. The van der Waals surface area contributed by atoms with E-state index in [4.69, 9.17) is 5.73 Å². The van der Waals surface area contributed by atoms with Gasteiger partial charge >= 0.3 is 0 Å². The number of anilines is 2. The van der Waals surface area contributed by atoms with Gasteiger partial charge in [0.25, 0.3) is 0 Å². The Labute approximate surface area is 132 Å². The lowest BCUT2D eigenvalue weighted by Crippen LogP contribution is -2.23. The molecule has 0 saturated heterocycles. The predicted octanol–water partition coefficient (Wildman–Crippen LogP) is 3.18. The van der Waals surface area contributed by atoms with Crippen LogP contribution in [0.3, 0.4) is 0 Å². The Balaban J connectivity index is 2.24. The molecule has 1 aliphatic rings. The van der Waals surface area contributed by atoms with Crippen LogP contribution in [0, 0.1) is 5.92 Å². The third-order valence-corrected chi connectivity index (χ3v) is 5.93. The molecule has 6 heteroatoms. The molecular weight excluding hydrogens is 300 g/mol. The lowest BCUT2D eigenvalue weighted by Gasteiger charge is -2.21. The summed E-state index contributed by atoms with van der Waals surface area (Å²) >= 11 is 0. The maximum Gasteiger partial charge on any atom is 0.235 e. The summed E-state index contributed by atoms with van der Waals surface area (Å²) in [5.74, 6) is 0.136. The van der Waals surface area contributed by atoms with Crippen molar-refractivity contribution in [1.29, 1.82) is 0 Å².